The van der Waals surface area contributed by atoms with Crippen LogP contribution in [0.25, 0.3) is 0 Å². The van der Waals surface area contributed by atoms with Crippen molar-refractivity contribution >= 4 is 11.9 Å². The van der Waals surface area contributed by atoms with Crippen LogP contribution in [-0.2, 0) is 6.42 Å². The summed E-state index contributed by atoms with van der Waals surface area (Å²) in [5.41, 5.74) is 3.58. The van der Waals surface area contributed by atoms with Gasteiger partial charge < -0.3 is 4.57 Å². The highest BCUT2D eigenvalue weighted by atomic mass is 15.0. The summed E-state index contributed by atoms with van der Waals surface area (Å²) in [6.45, 7) is 2.17. The van der Waals surface area contributed by atoms with Gasteiger partial charge in [-0.15, -0.1) is 0 Å². The molecule has 0 radical (unpaired) electrons. The Balaban J connectivity index is 1.66. The first-order valence-corrected chi connectivity index (χ1v) is 8.15. The molecular weight excluding hydrogens is 256 g/mol. The molecule has 0 saturated heterocycles. The molecule has 1 aromatic carbocycles. The Labute approximate surface area is 127 Å². The lowest BCUT2D eigenvalue weighted by molar-refractivity contribution is 0.354. The van der Waals surface area contributed by atoms with E-state index in [0.29, 0.717) is 6.04 Å². The van der Waals surface area contributed by atoms with Crippen LogP contribution in [0.15, 0.2) is 47.7 Å². The predicted octanol–water partition coefficient (Wildman–Crippen LogP) is 5.31. The zero-order chi connectivity index (χ0) is 14.5. The highest BCUT2D eigenvalue weighted by Crippen LogP contribution is 2.28. The number of aromatic nitrogens is 1. The molecule has 0 atom stereocenters. The SMILES string of the molecule is CCc1ccc(N=Cc2ccn(C3CCCCC3)c2)cc1. The molecule has 0 amide bonds. The van der Waals surface area contributed by atoms with Gasteiger partial charge in [0.1, 0.15) is 0 Å². The quantitative estimate of drug-likeness (QED) is 0.676. The Morgan fingerprint density at radius 1 is 1.10 bits per heavy atom. The number of rotatable bonds is 4. The van der Waals surface area contributed by atoms with Crippen molar-refractivity contribution in [3.63, 3.8) is 0 Å². The van der Waals surface area contributed by atoms with Crippen LogP contribution < -0.4 is 0 Å². The van der Waals surface area contributed by atoms with Crippen LogP contribution in [0, 0.1) is 0 Å². The molecule has 1 aliphatic rings. The zero-order valence-electron chi connectivity index (χ0n) is 12.8. The number of aliphatic imine (C=N–C) groups is 1. The summed E-state index contributed by atoms with van der Waals surface area (Å²) in [7, 11) is 0. The number of benzene rings is 1. The van der Waals surface area contributed by atoms with E-state index in [-0.39, 0.29) is 0 Å². The van der Waals surface area contributed by atoms with Crippen molar-refractivity contribution < 1.29 is 0 Å². The highest BCUT2D eigenvalue weighted by molar-refractivity contribution is 5.81. The molecule has 1 fully saturated rings. The normalized spacial score (nSPS) is 16.6. The number of aryl methyl sites for hydroxylation is 1. The van der Waals surface area contributed by atoms with Gasteiger partial charge >= 0.3 is 0 Å². The van der Waals surface area contributed by atoms with Gasteiger partial charge in [0.2, 0.25) is 0 Å². The summed E-state index contributed by atoms with van der Waals surface area (Å²) in [5, 5.41) is 0. The fraction of sp³-hybridized carbons (Fsp3) is 0.421. The van der Waals surface area contributed by atoms with E-state index in [1.165, 1.54) is 43.2 Å². The van der Waals surface area contributed by atoms with Crippen LogP contribution in [0.4, 0.5) is 5.69 Å². The summed E-state index contributed by atoms with van der Waals surface area (Å²) in [6, 6.07) is 11.4. The smallest absolute Gasteiger partial charge is 0.0630 e. The molecule has 1 aromatic heterocycles. The molecule has 1 heterocycles. The van der Waals surface area contributed by atoms with Crippen molar-refractivity contribution in [3.05, 3.63) is 53.9 Å². The maximum atomic E-state index is 4.57. The van der Waals surface area contributed by atoms with Crippen molar-refractivity contribution in [2.75, 3.05) is 0 Å². The summed E-state index contributed by atoms with van der Waals surface area (Å²) >= 11 is 0. The molecule has 2 heteroatoms. The van der Waals surface area contributed by atoms with Gasteiger partial charge in [-0.2, -0.15) is 0 Å². The monoisotopic (exact) mass is 280 g/mol. The minimum Gasteiger partial charge on any atom is -0.351 e. The molecule has 2 nitrogen and oxygen atoms in total. The first-order valence-electron chi connectivity index (χ1n) is 8.15. The molecule has 0 N–H and O–H groups in total. The Bertz CT molecular complexity index is 586. The van der Waals surface area contributed by atoms with Crippen molar-refractivity contribution in [2.45, 2.75) is 51.5 Å². The van der Waals surface area contributed by atoms with E-state index in [0.717, 1.165) is 12.1 Å². The zero-order valence-corrected chi connectivity index (χ0v) is 12.8. The number of hydrogen-bond donors (Lipinski definition) is 0. The second kappa shape index (κ2) is 6.75. The Morgan fingerprint density at radius 2 is 1.86 bits per heavy atom. The van der Waals surface area contributed by atoms with E-state index in [1.807, 2.05) is 6.21 Å². The molecule has 3 rings (SSSR count). The molecule has 110 valence electrons. The Kier molecular flexibility index (Phi) is 4.54. The first kappa shape index (κ1) is 14.1. The number of nitrogens with zero attached hydrogens (tertiary/aromatic N) is 2. The van der Waals surface area contributed by atoms with Crippen LogP contribution in [0.2, 0.25) is 0 Å². The lowest BCUT2D eigenvalue weighted by atomic mass is 9.95. The third kappa shape index (κ3) is 3.63. The van der Waals surface area contributed by atoms with Gasteiger partial charge in [-0.05, 0) is 43.0 Å². The van der Waals surface area contributed by atoms with E-state index in [4.69, 9.17) is 0 Å². The van der Waals surface area contributed by atoms with Crippen molar-refractivity contribution in [2.24, 2.45) is 4.99 Å². The van der Waals surface area contributed by atoms with Crippen molar-refractivity contribution in [3.8, 4) is 0 Å². The van der Waals surface area contributed by atoms with Crippen LogP contribution in [0.5, 0.6) is 0 Å². The second-order valence-electron chi connectivity index (χ2n) is 5.96. The molecule has 0 unspecified atom stereocenters. The van der Waals surface area contributed by atoms with E-state index in [1.54, 1.807) is 0 Å². The van der Waals surface area contributed by atoms with E-state index >= 15 is 0 Å². The third-order valence-electron chi connectivity index (χ3n) is 4.44. The molecular formula is C19H24N2. The summed E-state index contributed by atoms with van der Waals surface area (Å²) in [6.07, 6.45) is 14.3. The lowest BCUT2D eigenvalue weighted by Gasteiger charge is -2.23. The fourth-order valence-electron chi connectivity index (χ4n) is 3.08. The van der Waals surface area contributed by atoms with Gasteiger partial charge in [0.05, 0.1) is 5.69 Å². The van der Waals surface area contributed by atoms with E-state index < -0.39 is 0 Å². The van der Waals surface area contributed by atoms with Crippen molar-refractivity contribution in [1.29, 1.82) is 0 Å². The maximum absolute atomic E-state index is 4.57. The lowest BCUT2D eigenvalue weighted by Crippen LogP contribution is -2.10. The van der Waals surface area contributed by atoms with Gasteiger partial charge in [0, 0.05) is 30.2 Å². The molecule has 1 aliphatic carbocycles. The van der Waals surface area contributed by atoms with Gasteiger partial charge in [0.15, 0.2) is 0 Å². The summed E-state index contributed by atoms with van der Waals surface area (Å²) < 4.78 is 2.38. The third-order valence-corrected chi connectivity index (χ3v) is 4.44. The van der Waals surface area contributed by atoms with Gasteiger partial charge in [-0.3, -0.25) is 4.99 Å². The highest BCUT2D eigenvalue weighted by Gasteiger charge is 2.14. The van der Waals surface area contributed by atoms with Crippen molar-refractivity contribution in [1.82, 2.24) is 4.57 Å². The molecule has 0 spiro atoms. The molecule has 21 heavy (non-hydrogen) atoms. The molecule has 0 aliphatic heterocycles. The Morgan fingerprint density at radius 3 is 2.57 bits per heavy atom. The van der Waals surface area contributed by atoms with Gasteiger partial charge in [0.25, 0.3) is 0 Å². The fourth-order valence-corrected chi connectivity index (χ4v) is 3.08. The predicted molar refractivity (Wildman–Crippen MR) is 89.6 cm³/mol. The number of hydrogen-bond acceptors (Lipinski definition) is 1. The summed E-state index contributed by atoms with van der Waals surface area (Å²) in [5.74, 6) is 0. The largest absolute Gasteiger partial charge is 0.351 e. The van der Waals surface area contributed by atoms with Crippen LogP contribution in [-0.4, -0.2) is 10.8 Å². The standard InChI is InChI=1S/C19H24N2/c1-2-16-8-10-18(11-9-16)20-14-17-12-13-21(15-17)19-6-4-3-5-7-19/h8-15,19H,2-7H2,1H3. The second-order valence-corrected chi connectivity index (χ2v) is 5.96. The Hall–Kier alpha value is -1.83. The average molecular weight is 280 g/mol. The maximum Gasteiger partial charge on any atom is 0.0630 e. The first-order chi connectivity index (χ1) is 10.3. The average Bonchev–Trinajstić information content (AvgIpc) is 3.03. The van der Waals surface area contributed by atoms with Crippen LogP contribution in [0.1, 0.15) is 56.2 Å². The molecule has 1 saturated carbocycles. The topological polar surface area (TPSA) is 17.3 Å². The van der Waals surface area contributed by atoms with E-state index in [9.17, 15) is 0 Å². The van der Waals surface area contributed by atoms with Gasteiger partial charge in [-0.1, -0.05) is 38.3 Å². The van der Waals surface area contributed by atoms with Crippen LogP contribution >= 0.6 is 0 Å². The molecule has 0 bridgehead atoms. The minimum atomic E-state index is 0.699. The van der Waals surface area contributed by atoms with E-state index in [2.05, 4.69) is 59.2 Å². The van der Waals surface area contributed by atoms with Gasteiger partial charge in [-0.25, -0.2) is 0 Å². The minimum absolute atomic E-state index is 0.699. The summed E-state index contributed by atoms with van der Waals surface area (Å²) in [4.78, 5) is 4.57. The molecule has 2 aromatic rings. The van der Waals surface area contributed by atoms with Crippen LogP contribution in [0.3, 0.4) is 0 Å².